The van der Waals surface area contributed by atoms with Gasteiger partial charge in [0.05, 0.1) is 13.2 Å². The highest BCUT2D eigenvalue weighted by Gasteiger charge is 2.29. The van der Waals surface area contributed by atoms with E-state index in [0.29, 0.717) is 25.9 Å². The van der Waals surface area contributed by atoms with Crippen LogP contribution in [0.25, 0.3) is 0 Å². The van der Waals surface area contributed by atoms with Crippen LogP contribution in [0.3, 0.4) is 0 Å². The van der Waals surface area contributed by atoms with Gasteiger partial charge in [-0.1, -0.05) is 0 Å². The Morgan fingerprint density at radius 3 is 2.53 bits per heavy atom. The van der Waals surface area contributed by atoms with Gasteiger partial charge in [0.1, 0.15) is 12.7 Å². The van der Waals surface area contributed by atoms with E-state index in [1.54, 1.807) is 14.2 Å². The van der Waals surface area contributed by atoms with Gasteiger partial charge in [0, 0.05) is 43.7 Å². The lowest BCUT2D eigenvalue weighted by Gasteiger charge is -2.30. The zero-order chi connectivity index (χ0) is 12.6. The fourth-order valence-corrected chi connectivity index (χ4v) is 1.76. The molecular formula is C11H24O5Si. The number of rotatable bonds is 11. The van der Waals surface area contributed by atoms with Crippen molar-refractivity contribution in [1.29, 1.82) is 0 Å². The largest absolute Gasteiger partial charge is 0.380 e. The second kappa shape index (κ2) is 8.18. The van der Waals surface area contributed by atoms with Crippen LogP contribution in [-0.2, 0) is 23.7 Å². The van der Waals surface area contributed by atoms with Gasteiger partial charge in [-0.3, -0.25) is 0 Å². The van der Waals surface area contributed by atoms with Crippen molar-refractivity contribution in [3.8, 4) is 0 Å². The summed E-state index contributed by atoms with van der Waals surface area (Å²) in [5.41, 5.74) is 0. The smallest absolute Gasteiger partial charge is 0.191 e. The minimum Gasteiger partial charge on any atom is -0.380 e. The van der Waals surface area contributed by atoms with E-state index in [0.717, 1.165) is 35.9 Å². The predicted octanol–water partition coefficient (Wildman–Crippen LogP) is -0.489. The molecule has 1 rings (SSSR count). The van der Waals surface area contributed by atoms with E-state index in [1.165, 1.54) is 0 Å². The number of methoxy groups -OCH3 is 2. The molecule has 1 saturated heterocycles. The molecule has 6 heteroatoms. The van der Waals surface area contributed by atoms with Gasteiger partial charge < -0.3 is 23.7 Å². The third kappa shape index (κ3) is 5.94. The molecule has 0 N–H and O–H groups in total. The fraction of sp³-hybridized carbons (Fsp3) is 1.00. The molecular weight excluding hydrogens is 240 g/mol. The van der Waals surface area contributed by atoms with E-state index in [-0.39, 0.29) is 0 Å². The third-order valence-electron chi connectivity index (χ3n) is 2.82. The van der Waals surface area contributed by atoms with Crippen molar-refractivity contribution in [3.05, 3.63) is 0 Å². The molecule has 1 atom stereocenters. The van der Waals surface area contributed by atoms with E-state index < -0.39 is 5.79 Å². The third-order valence-corrected chi connectivity index (χ3v) is 3.23. The van der Waals surface area contributed by atoms with Crippen molar-refractivity contribution >= 4 is 10.2 Å². The van der Waals surface area contributed by atoms with E-state index in [1.807, 2.05) is 0 Å². The number of hydrogen-bond acceptors (Lipinski definition) is 5. The summed E-state index contributed by atoms with van der Waals surface area (Å²) >= 11 is 0. The SMILES string of the molecule is COC(CCCOCC1CO1)(COC[SiH3])OC. The van der Waals surface area contributed by atoms with Crippen molar-refractivity contribution in [2.75, 3.05) is 46.9 Å². The van der Waals surface area contributed by atoms with Crippen molar-refractivity contribution < 1.29 is 23.7 Å². The number of ether oxygens (including phenoxy) is 5. The van der Waals surface area contributed by atoms with Crippen LogP contribution in [0.2, 0.25) is 0 Å². The molecule has 1 heterocycles. The van der Waals surface area contributed by atoms with Crippen molar-refractivity contribution in [2.24, 2.45) is 0 Å². The average molecular weight is 264 g/mol. The van der Waals surface area contributed by atoms with E-state index >= 15 is 0 Å². The van der Waals surface area contributed by atoms with Crippen molar-refractivity contribution in [3.63, 3.8) is 0 Å². The maximum Gasteiger partial charge on any atom is 0.191 e. The molecule has 0 aromatic carbocycles. The fourth-order valence-electron chi connectivity index (χ4n) is 1.56. The summed E-state index contributed by atoms with van der Waals surface area (Å²) in [4.78, 5) is 0. The predicted molar refractivity (Wildman–Crippen MR) is 67.3 cm³/mol. The first-order valence-corrected chi connectivity index (χ1v) is 7.55. The topological polar surface area (TPSA) is 49.5 Å². The highest BCUT2D eigenvalue weighted by Crippen LogP contribution is 2.19. The lowest BCUT2D eigenvalue weighted by atomic mass is 10.1. The summed E-state index contributed by atoms with van der Waals surface area (Å²) in [6.07, 6.45) is 2.79. The van der Waals surface area contributed by atoms with Crippen LogP contribution in [0.15, 0.2) is 0 Å². The van der Waals surface area contributed by atoms with Gasteiger partial charge in [0.2, 0.25) is 0 Å². The van der Waals surface area contributed by atoms with Crippen LogP contribution in [0.1, 0.15) is 12.8 Å². The minimum absolute atomic E-state index is 0.331. The first kappa shape index (κ1) is 15.1. The molecule has 1 aliphatic heterocycles. The molecule has 0 saturated carbocycles. The molecule has 0 aliphatic carbocycles. The molecule has 17 heavy (non-hydrogen) atoms. The second-order valence-corrected chi connectivity index (χ2v) is 4.67. The number of hydrogen-bond donors (Lipinski definition) is 0. The molecule has 0 aromatic heterocycles. The van der Waals surface area contributed by atoms with Gasteiger partial charge in [0.15, 0.2) is 5.79 Å². The van der Waals surface area contributed by atoms with E-state index in [4.69, 9.17) is 23.7 Å². The molecule has 102 valence electrons. The van der Waals surface area contributed by atoms with Gasteiger partial charge in [-0.2, -0.15) is 0 Å². The quantitative estimate of drug-likeness (QED) is 0.218. The Kier molecular flexibility index (Phi) is 7.25. The summed E-state index contributed by atoms with van der Waals surface area (Å²) in [6, 6.07) is 0. The summed E-state index contributed by atoms with van der Waals surface area (Å²) in [6.45, 7) is 2.72. The summed E-state index contributed by atoms with van der Waals surface area (Å²) < 4.78 is 26.8. The molecule has 0 radical (unpaired) electrons. The normalized spacial score (nSPS) is 19.8. The molecule has 0 spiro atoms. The van der Waals surface area contributed by atoms with Gasteiger partial charge in [-0.25, -0.2) is 0 Å². The first-order valence-electron chi connectivity index (χ1n) is 6.13. The van der Waals surface area contributed by atoms with Crippen LogP contribution in [0, 0.1) is 0 Å². The maximum atomic E-state index is 5.48. The number of epoxide rings is 1. The van der Waals surface area contributed by atoms with Crippen LogP contribution in [0.5, 0.6) is 0 Å². The zero-order valence-corrected chi connectivity index (χ0v) is 13.1. The Bertz CT molecular complexity index is 194. The molecule has 1 aliphatic rings. The maximum absolute atomic E-state index is 5.48. The Balaban J connectivity index is 2.12. The Hall–Kier alpha value is 0.0169. The lowest BCUT2D eigenvalue weighted by Crippen LogP contribution is -2.39. The monoisotopic (exact) mass is 264 g/mol. The minimum atomic E-state index is -0.621. The van der Waals surface area contributed by atoms with Gasteiger partial charge >= 0.3 is 0 Å². The van der Waals surface area contributed by atoms with Crippen LogP contribution >= 0.6 is 0 Å². The Morgan fingerprint density at radius 1 is 1.29 bits per heavy atom. The Morgan fingerprint density at radius 2 is 2.00 bits per heavy atom. The highest BCUT2D eigenvalue weighted by molar-refractivity contribution is 6.08. The zero-order valence-electron chi connectivity index (χ0n) is 11.1. The first-order chi connectivity index (χ1) is 8.26. The standard InChI is InChI=1S/C11H24O5Si/c1-12-11(13-2,8-15-9-17)4-3-5-14-6-10-7-16-10/h10H,3-9H2,1-2,17H3. The highest BCUT2D eigenvalue weighted by atomic mass is 28.1. The van der Waals surface area contributed by atoms with Crippen molar-refractivity contribution in [1.82, 2.24) is 0 Å². The lowest BCUT2D eigenvalue weighted by molar-refractivity contribution is -0.237. The van der Waals surface area contributed by atoms with Crippen LogP contribution < -0.4 is 0 Å². The summed E-state index contributed by atoms with van der Waals surface area (Å²) in [7, 11) is 4.33. The van der Waals surface area contributed by atoms with Gasteiger partial charge in [-0.15, -0.1) is 0 Å². The summed E-state index contributed by atoms with van der Waals surface area (Å²) in [5, 5.41) is 0. The molecule has 0 aromatic rings. The van der Waals surface area contributed by atoms with Gasteiger partial charge in [-0.05, 0) is 6.42 Å². The molecule has 1 fully saturated rings. The van der Waals surface area contributed by atoms with Crippen molar-refractivity contribution in [2.45, 2.75) is 24.7 Å². The van der Waals surface area contributed by atoms with E-state index in [2.05, 4.69) is 0 Å². The van der Waals surface area contributed by atoms with Gasteiger partial charge in [0.25, 0.3) is 0 Å². The Labute approximate surface area is 106 Å². The molecule has 0 amide bonds. The second-order valence-electron chi connectivity index (χ2n) is 4.09. The summed E-state index contributed by atoms with van der Waals surface area (Å²) in [5.74, 6) is -0.621. The van der Waals surface area contributed by atoms with Crippen LogP contribution in [0.4, 0.5) is 0 Å². The molecule has 1 unspecified atom stereocenters. The molecule has 0 bridgehead atoms. The average Bonchev–Trinajstić information content (AvgIpc) is 3.17. The molecule has 5 nitrogen and oxygen atoms in total. The van der Waals surface area contributed by atoms with Crippen LogP contribution in [-0.4, -0.2) is 69.0 Å². The van der Waals surface area contributed by atoms with E-state index in [9.17, 15) is 0 Å².